The zero-order valence-electron chi connectivity index (χ0n) is 15.4. The van der Waals surface area contributed by atoms with Crippen molar-refractivity contribution in [2.75, 3.05) is 6.54 Å². The topological polar surface area (TPSA) is 72.7 Å². The molecule has 1 N–H and O–H groups in total. The number of aromatic nitrogens is 4. The van der Waals surface area contributed by atoms with Gasteiger partial charge in [-0.3, -0.25) is 4.79 Å². The molecule has 0 spiro atoms. The minimum absolute atomic E-state index is 0.0669. The Morgan fingerprint density at radius 3 is 2.89 bits per heavy atom. The Bertz CT molecular complexity index is 931. The van der Waals surface area contributed by atoms with Gasteiger partial charge >= 0.3 is 0 Å². The number of nitrogens with zero attached hydrogens (tertiary/aromatic N) is 4. The highest BCUT2D eigenvalue weighted by molar-refractivity contribution is 7.17. The van der Waals surface area contributed by atoms with Crippen molar-refractivity contribution in [2.45, 2.75) is 45.6 Å². The summed E-state index contributed by atoms with van der Waals surface area (Å²) in [6.45, 7) is 3.42. The van der Waals surface area contributed by atoms with E-state index in [1.807, 2.05) is 37.3 Å². The molecule has 0 saturated heterocycles. The van der Waals surface area contributed by atoms with Gasteiger partial charge in [0, 0.05) is 31.5 Å². The van der Waals surface area contributed by atoms with Crippen molar-refractivity contribution in [1.29, 1.82) is 0 Å². The molecule has 0 fully saturated rings. The summed E-state index contributed by atoms with van der Waals surface area (Å²) in [5.74, 6) is 1.99. The van der Waals surface area contributed by atoms with Crippen LogP contribution in [0.15, 0.2) is 30.3 Å². The third-order valence-corrected chi connectivity index (χ3v) is 6.05. The quantitative estimate of drug-likeness (QED) is 0.735. The Hall–Kier alpha value is -2.54. The number of nitrogens with one attached hydrogen (secondary N) is 1. The molecule has 1 aliphatic heterocycles. The van der Waals surface area contributed by atoms with E-state index in [0.717, 1.165) is 40.9 Å². The molecule has 6 nitrogen and oxygen atoms in total. The minimum Gasteiger partial charge on any atom is -0.351 e. The second kappa shape index (κ2) is 8.00. The van der Waals surface area contributed by atoms with Gasteiger partial charge in [0.2, 0.25) is 0 Å². The summed E-state index contributed by atoms with van der Waals surface area (Å²) in [7, 11) is 0. The maximum absolute atomic E-state index is 12.6. The normalized spacial score (nSPS) is 13.8. The predicted octanol–water partition coefficient (Wildman–Crippen LogP) is 3.41. The second-order valence-electron chi connectivity index (χ2n) is 6.80. The molecule has 140 valence electrons. The van der Waals surface area contributed by atoms with Gasteiger partial charge in [-0.1, -0.05) is 36.8 Å². The van der Waals surface area contributed by atoms with E-state index in [9.17, 15) is 4.79 Å². The molecule has 0 atom stereocenters. The Morgan fingerprint density at radius 2 is 2.04 bits per heavy atom. The number of amides is 1. The molecule has 27 heavy (non-hydrogen) atoms. The van der Waals surface area contributed by atoms with Crippen LogP contribution in [0.1, 0.15) is 46.3 Å². The maximum atomic E-state index is 12.6. The van der Waals surface area contributed by atoms with Gasteiger partial charge in [-0.05, 0) is 19.8 Å². The molecule has 2 aromatic heterocycles. The van der Waals surface area contributed by atoms with Crippen molar-refractivity contribution >= 4 is 17.2 Å². The van der Waals surface area contributed by atoms with Crippen LogP contribution in [0.25, 0.3) is 10.6 Å². The molecule has 0 unspecified atom stereocenters. The van der Waals surface area contributed by atoms with E-state index < -0.39 is 0 Å². The largest absolute Gasteiger partial charge is 0.351 e. The van der Waals surface area contributed by atoms with Gasteiger partial charge in [0.15, 0.2) is 0 Å². The maximum Gasteiger partial charge on any atom is 0.263 e. The first kappa shape index (κ1) is 17.9. The number of carbonyl (C=O) groups excluding carboxylic acids is 1. The van der Waals surface area contributed by atoms with Crippen molar-refractivity contribution < 1.29 is 4.79 Å². The lowest BCUT2D eigenvalue weighted by atomic mass is 10.2. The lowest BCUT2D eigenvalue weighted by Gasteiger charge is -2.07. The van der Waals surface area contributed by atoms with Crippen molar-refractivity contribution in [3.8, 4) is 10.6 Å². The fourth-order valence-electron chi connectivity index (χ4n) is 3.41. The van der Waals surface area contributed by atoms with Crippen molar-refractivity contribution in [3.05, 3.63) is 52.6 Å². The van der Waals surface area contributed by atoms with E-state index >= 15 is 0 Å². The summed E-state index contributed by atoms with van der Waals surface area (Å²) < 4.78 is 2.23. The van der Waals surface area contributed by atoms with Gasteiger partial charge in [0.25, 0.3) is 5.91 Å². The minimum atomic E-state index is -0.0669. The van der Waals surface area contributed by atoms with E-state index in [-0.39, 0.29) is 5.91 Å². The van der Waals surface area contributed by atoms with Crippen LogP contribution in [0.4, 0.5) is 0 Å². The summed E-state index contributed by atoms with van der Waals surface area (Å²) in [6.07, 6.45) is 5.30. The van der Waals surface area contributed by atoms with Gasteiger partial charge in [0.1, 0.15) is 21.5 Å². The summed E-state index contributed by atoms with van der Waals surface area (Å²) in [5, 5.41) is 12.5. The highest BCUT2D eigenvalue weighted by Crippen LogP contribution is 2.27. The summed E-state index contributed by atoms with van der Waals surface area (Å²) in [6, 6.07) is 9.96. The Kier molecular flexibility index (Phi) is 5.29. The molecule has 3 heterocycles. The lowest BCUT2D eigenvalue weighted by molar-refractivity contribution is 0.0957. The highest BCUT2D eigenvalue weighted by Gasteiger charge is 2.17. The van der Waals surface area contributed by atoms with E-state index in [4.69, 9.17) is 0 Å². The highest BCUT2D eigenvalue weighted by atomic mass is 32.1. The average molecular weight is 382 g/mol. The summed E-state index contributed by atoms with van der Waals surface area (Å²) in [4.78, 5) is 17.8. The molecule has 1 aliphatic rings. The van der Waals surface area contributed by atoms with Gasteiger partial charge in [0.05, 0.1) is 5.69 Å². The van der Waals surface area contributed by atoms with Gasteiger partial charge in [-0.25, -0.2) is 4.98 Å². The number of thiazole rings is 1. The number of carbonyl (C=O) groups is 1. The molecular formula is C20H23N5OS. The zero-order chi connectivity index (χ0) is 18.6. The molecule has 7 heteroatoms. The van der Waals surface area contributed by atoms with Gasteiger partial charge in [-0.15, -0.1) is 21.5 Å². The van der Waals surface area contributed by atoms with Gasteiger partial charge in [-0.2, -0.15) is 0 Å². The molecule has 4 rings (SSSR count). The average Bonchev–Trinajstić information content (AvgIpc) is 3.17. The summed E-state index contributed by atoms with van der Waals surface area (Å²) >= 11 is 1.44. The van der Waals surface area contributed by atoms with Crippen LogP contribution >= 0.6 is 11.3 Å². The molecule has 1 aromatic carbocycles. The Balaban J connectivity index is 1.39. The van der Waals surface area contributed by atoms with E-state index in [1.54, 1.807) is 0 Å². The molecule has 1 amide bonds. The zero-order valence-corrected chi connectivity index (χ0v) is 16.3. The molecule has 3 aromatic rings. The number of rotatable bonds is 5. The van der Waals surface area contributed by atoms with Gasteiger partial charge < -0.3 is 9.88 Å². The third-order valence-electron chi connectivity index (χ3n) is 4.84. The number of aryl methyl sites for hydroxylation is 2. The number of fused-ring (bicyclic) bond motifs is 1. The number of hydrogen-bond donors (Lipinski definition) is 1. The first-order chi connectivity index (χ1) is 13.2. The standard InChI is InChI=1S/C20H23N5OS/c1-14-18(27-20(22-14)15-8-4-2-5-9-15)19(26)21-12-11-17-24-23-16-10-6-3-7-13-25(16)17/h2,4-5,8-9H,3,6-7,10-13H2,1H3,(H,21,26). The fraction of sp³-hybridized carbons (Fsp3) is 0.400. The van der Waals surface area contributed by atoms with Crippen molar-refractivity contribution in [1.82, 2.24) is 25.1 Å². The van der Waals surface area contributed by atoms with E-state index in [1.165, 1.54) is 30.6 Å². The van der Waals surface area contributed by atoms with E-state index in [2.05, 4.69) is 25.1 Å². The van der Waals surface area contributed by atoms with Crippen molar-refractivity contribution in [2.24, 2.45) is 0 Å². The molecular weight excluding hydrogens is 358 g/mol. The SMILES string of the molecule is Cc1nc(-c2ccccc2)sc1C(=O)NCCc1nnc2n1CCCCC2. The van der Waals surface area contributed by atoms with E-state index in [0.29, 0.717) is 17.8 Å². The number of hydrogen-bond acceptors (Lipinski definition) is 5. The lowest BCUT2D eigenvalue weighted by Crippen LogP contribution is -2.26. The Labute approximate surface area is 162 Å². The third kappa shape index (κ3) is 3.93. The Morgan fingerprint density at radius 1 is 1.19 bits per heavy atom. The first-order valence-electron chi connectivity index (χ1n) is 9.44. The molecule has 0 saturated carbocycles. The molecule has 0 radical (unpaired) electrons. The monoisotopic (exact) mass is 381 g/mol. The molecule has 0 aliphatic carbocycles. The predicted molar refractivity (Wildman–Crippen MR) is 106 cm³/mol. The van der Waals surface area contributed by atoms with Crippen LogP contribution in [-0.2, 0) is 19.4 Å². The van der Waals surface area contributed by atoms with Crippen molar-refractivity contribution in [3.63, 3.8) is 0 Å². The van der Waals surface area contributed by atoms with Crippen LogP contribution in [-0.4, -0.2) is 32.2 Å². The molecule has 0 bridgehead atoms. The number of benzene rings is 1. The smallest absolute Gasteiger partial charge is 0.263 e. The van der Waals surface area contributed by atoms with Crippen LogP contribution < -0.4 is 5.32 Å². The van der Waals surface area contributed by atoms with Crippen LogP contribution in [0.2, 0.25) is 0 Å². The van der Waals surface area contributed by atoms with Crippen LogP contribution in [0.3, 0.4) is 0 Å². The second-order valence-corrected chi connectivity index (χ2v) is 7.80. The van der Waals surface area contributed by atoms with Crippen LogP contribution in [0, 0.1) is 6.92 Å². The first-order valence-corrected chi connectivity index (χ1v) is 10.3. The fourth-order valence-corrected chi connectivity index (χ4v) is 4.40. The van der Waals surface area contributed by atoms with Crippen LogP contribution in [0.5, 0.6) is 0 Å². The summed E-state index contributed by atoms with van der Waals surface area (Å²) in [5.41, 5.74) is 1.81.